The average molecular weight is 485 g/mol. The molecule has 3 heterocycles. The van der Waals surface area contributed by atoms with Crippen LogP contribution in [0.15, 0.2) is 42.7 Å². The van der Waals surface area contributed by atoms with Crippen LogP contribution in [0.1, 0.15) is 58.9 Å². The van der Waals surface area contributed by atoms with Gasteiger partial charge < -0.3 is 15.5 Å². The predicted molar refractivity (Wildman–Crippen MR) is 124 cm³/mol. The molecule has 35 heavy (non-hydrogen) atoms. The van der Waals surface area contributed by atoms with Crippen molar-refractivity contribution in [2.45, 2.75) is 50.7 Å². The Morgan fingerprint density at radius 3 is 2.54 bits per heavy atom. The van der Waals surface area contributed by atoms with E-state index in [0.717, 1.165) is 23.5 Å². The second kappa shape index (κ2) is 8.51. The Balaban J connectivity index is 1.33. The van der Waals surface area contributed by atoms with Gasteiger partial charge in [0.05, 0.1) is 16.8 Å². The van der Waals surface area contributed by atoms with Crippen LogP contribution in [-0.2, 0) is 6.18 Å². The highest BCUT2D eigenvalue weighted by Gasteiger charge is 2.34. The summed E-state index contributed by atoms with van der Waals surface area (Å²) in [6.45, 7) is 1.88. The number of pyridine rings is 2. The number of rotatable bonds is 3. The van der Waals surface area contributed by atoms with Crippen LogP contribution >= 0.6 is 0 Å². The number of aromatic nitrogens is 3. The van der Waals surface area contributed by atoms with Crippen molar-refractivity contribution in [1.82, 2.24) is 19.7 Å². The first-order valence-electron chi connectivity index (χ1n) is 11.3. The van der Waals surface area contributed by atoms with Gasteiger partial charge in [-0.3, -0.25) is 4.79 Å². The van der Waals surface area contributed by atoms with Gasteiger partial charge in [-0.05, 0) is 68.9 Å². The summed E-state index contributed by atoms with van der Waals surface area (Å²) in [7, 11) is 0. The molecule has 1 saturated carbocycles. The molecule has 0 saturated heterocycles. The zero-order chi connectivity index (χ0) is 24.9. The van der Waals surface area contributed by atoms with Crippen molar-refractivity contribution < 1.29 is 22.4 Å². The lowest BCUT2D eigenvalue weighted by atomic mass is 9.80. The number of hydrogen-bond donors (Lipinski definition) is 2. The summed E-state index contributed by atoms with van der Waals surface area (Å²) in [4.78, 5) is 20.8. The second-order valence-electron chi connectivity index (χ2n) is 9.04. The molecule has 0 aliphatic heterocycles. The maximum atomic E-state index is 14.9. The quantitative estimate of drug-likeness (QED) is 0.381. The zero-order valence-corrected chi connectivity index (χ0v) is 18.9. The Morgan fingerprint density at radius 2 is 1.83 bits per heavy atom. The number of halogens is 4. The van der Waals surface area contributed by atoms with Crippen molar-refractivity contribution in [3.63, 3.8) is 0 Å². The minimum Gasteiger partial charge on any atom is -0.398 e. The van der Waals surface area contributed by atoms with Crippen molar-refractivity contribution in [2.75, 3.05) is 5.73 Å². The average Bonchev–Trinajstić information content (AvgIpc) is 3.18. The maximum absolute atomic E-state index is 14.9. The van der Waals surface area contributed by atoms with Crippen molar-refractivity contribution in [2.24, 2.45) is 0 Å². The number of aryl methyl sites for hydroxylation is 1. The number of carbonyl (C=O) groups excluding carboxylic acids is 1. The van der Waals surface area contributed by atoms with Crippen molar-refractivity contribution >= 4 is 28.1 Å². The maximum Gasteiger partial charge on any atom is 0.433 e. The largest absolute Gasteiger partial charge is 0.433 e. The fraction of sp³-hybridized carbons (Fsp3) is 0.320. The molecule has 1 aromatic carbocycles. The van der Waals surface area contributed by atoms with E-state index in [0.29, 0.717) is 36.8 Å². The van der Waals surface area contributed by atoms with Crippen LogP contribution in [0.3, 0.4) is 0 Å². The molecule has 0 spiro atoms. The van der Waals surface area contributed by atoms with E-state index in [1.54, 1.807) is 22.7 Å². The standard InChI is InChI=1S/C25H23F4N5O/c1-13-11-34-12-15(4-9-21(34)31-13)24(35)32-16-5-2-14(3-6-16)22-17(26)7-8-19-23(22)18(30)10-20(33-19)25(27,28)29/h4,7-12,14,16H,2-3,5-6H2,1H3,(H2,30,33)(H,32,35). The summed E-state index contributed by atoms with van der Waals surface area (Å²) in [6.07, 6.45) is 1.25. The molecule has 6 nitrogen and oxygen atoms in total. The SMILES string of the molecule is Cc1cn2cc(C(=O)NC3CCC(c4c(F)ccc5nc(C(F)(F)F)cc(N)c45)CC3)ccc2n1. The number of nitrogens with zero attached hydrogens (tertiary/aromatic N) is 3. The van der Waals surface area contributed by atoms with Crippen LogP contribution in [0.25, 0.3) is 16.6 Å². The monoisotopic (exact) mass is 485 g/mol. The van der Waals surface area contributed by atoms with Gasteiger partial charge in [0.15, 0.2) is 0 Å². The smallest absolute Gasteiger partial charge is 0.398 e. The number of carbonyl (C=O) groups is 1. The van der Waals surface area contributed by atoms with Crippen LogP contribution in [0.4, 0.5) is 23.2 Å². The topological polar surface area (TPSA) is 85.3 Å². The van der Waals surface area contributed by atoms with Gasteiger partial charge in [-0.25, -0.2) is 14.4 Å². The van der Waals surface area contributed by atoms with Crippen LogP contribution < -0.4 is 11.1 Å². The fourth-order valence-electron chi connectivity index (χ4n) is 4.95. The highest BCUT2D eigenvalue weighted by molar-refractivity contribution is 5.95. The number of nitrogens with one attached hydrogen (secondary N) is 1. The second-order valence-corrected chi connectivity index (χ2v) is 9.04. The van der Waals surface area contributed by atoms with Crippen molar-refractivity contribution in [3.8, 4) is 0 Å². The van der Waals surface area contributed by atoms with Gasteiger partial charge in [0.25, 0.3) is 5.91 Å². The van der Waals surface area contributed by atoms with Gasteiger partial charge in [0.1, 0.15) is 17.2 Å². The Labute approximate surface area is 198 Å². The van der Waals surface area contributed by atoms with Gasteiger partial charge in [-0.15, -0.1) is 0 Å². The lowest BCUT2D eigenvalue weighted by molar-refractivity contribution is -0.140. The summed E-state index contributed by atoms with van der Waals surface area (Å²) in [5.74, 6) is -0.952. The first kappa shape index (κ1) is 23.1. The summed E-state index contributed by atoms with van der Waals surface area (Å²) < 4.78 is 56.1. The molecule has 0 atom stereocenters. The molecule has 10 heteroatoms. The summed E-state index contributed by atoms with van der Waals surface area (Å²) in [6, 6.07) is 6.54. The number of nitrogen functional groups attached to an aromatic ring is 1. The van der Waals surface area contributed by atoms with Crippen LogP contribution in [0, 0.1) is 12.7 Å². The van der Waals surface area contributed by atoms with Gasteiger partial charge in [0, 0.05) is 35.1 Å². The van der Waals surface area contributed by atoms with E-state index in [9.17, 15) is 22.4 Å². The molecule has 1 fully saturated rings. The number of amides is 1. The molecule has 1 aliphatic rings. The Bertz CT molecular complexity index is 1440. The highest BCUT2D eigenvalue weighted by Crippen LogP contribution is 2.41. The minimum atomic E-state index is -4.64. The fourth-order valence-corrected chi connectivity index (χ4v) is 4.95. The number of nitrogens with two attached hydrogens (primary N) is 1. The molecule has 3 N–H and O–H groups in total. The molecular formula is C25H23F4N5O. The molecule has 4 aromatic rings. The van der Waals surface area contributed by atoms with Gasteiger partial charge in [-0.1, -0.05) is 0 Å². The molecule has 5 rings (SSSR count). The van der Waals surface area contributed by atoms with E-state index in [1.807, 2.05) is 13.1 Å². The van der Waals surface area contributed by atoms with Crippen LogP contribution in [0.5, 0.6) is 0 Å². The number of hydrogen-bond acceptors (Lipinski definition) is 4. The molecule has 182 valence electrons. The number of imidazole rings is 1. The third-order valence-corrected chi connectivity index (χ3v) is 6.59. The van der Waals surface area contributed by atoms with E-state index >= 15 is 0 Å². The van der Waals surface area contributed by atoms with Gasteiger partial charge in [-0.2, -0.15) is 13.2 Å². The lowest BCUT2D eigenvalue weighted by Crippen LogP contribution is -2.37. The Hall–Kier alpha value is -3.69. The lowest BCUT2D eigenvalue weighted by Gasteiger charge is -2.30. The summed E-state index contributed by atoms with van der Waals surface area (Å²) in [5, 5.41) is 3.27. The van der Waals surface area contributed by atoms with Crippen LogP contribution in [0.2, 0.25) is 0 Å². The van der Waals surface area contributed by atoms with E-state index in [-0.39, 0.29) is 34.5 Å². The molecule has 1 aliphatic carbocycles. The number of alkyl halides is 3. The molecule has 0 bridgehead atoms. The number of benzene rings is 1. The van der Waals surface area contributed by atoms with Crippen LogP contribution in [-0.4, -0.2) is 26.3 Å². The Kier molecular flexibility index (Phi) is 5.61. The van der Waals surface area contributed by atoms with E-state index in [1.165, 1.54) is 6.07 Å². The van der Waals surface area contributed by atoms with Gasteiger partial charge >= 0.3 is 6.18 Å². The third kappa shape index (κ3) is 4.40. The highest BCUT2D eigenvalue weighted by atomic mass is 19.4. The predicted octanol–water partition coefficient (Wildman–Crippen LogP) is 5.39. The summed E-state index contributed by atoms with van der Waals surface area (Å²) >= 11 is 0. The number of anilines is 1. The first-order valence-corrected chi connectivity index (χ1v) is 11.3. The number of fused-ring (bicyclic) bond motifs is 2. The van der Waals surface area contributed by atoms with Crippen molar-refractivity contribution in [1.29, 1.82) is 0 Å². The molecule has 3 aromatic heterocycles. The molecule has 0 radical (unpaired) electrons. The Morgan fingerprint density at radius 1 is 1.09 bits per heavy atom. The summed E-state index contributed by atoms with van der Waals surface area (Å²) in [5.41, 5.74) is 7.16. The zero-order valence-electron chi connectivity index (χ0n) is 18.9. The van der Waals surface area contributed by atoms with Crippen molar-refractivity contribution in [3.05, 3.63) is 71.1 Å². The molecule has 1 amide bonds. The van der Waals surface area contributed by atoms with E-state index in [2.05, 4.69) is 15.3 Å². The first-order chi connectivity index (χ1) is 16.6. The van der Waals surface area contributed by atoms with Gasteiger partial charge in [0.2, 0.25) is 0 Å². The van der Waals surface area contributed by atoms with E-state index in [4.69, 9.17) is 5.73 Å². The third-order valence-electron chi connectivity index (χ3n) is 6.59. The van der Waals surface area contributed by atoms with E-state index < -0.39 is 17.7 Å². The minimum absolute atomic E-state index is 0.0225. The normalized spacial score (nSPS) is 18.8. The molecule has 0 unspecified atom stereocenters. The molecular weight excluding hydrogens is 462 g/mol.